The lowest BCUT2D eigenvalue weighted by Gasteiger charge is -2.04. The SMILES string of the molecule is Cc1cc(Br)c(O)c(C=Nc2ccc(Cl)c(-c3nc4cc(Cl)ccc4o3)c2)c1. The minimum Gasteiger partial charge on any atom is -0.506 e. The summed E-state index contributed by atoms with van der Waals surface area (Å²) in [6.07, 6.45) is 1.60. The van der Waals surface area contributed by atoms with E-state index in [1.807, 2.05) is 19.1 Å². The van der Waals surface area contributed by atoms with Gasteiger partial charge in [0.25, 0.3) is 0 Å². The molecular weight excluding hydrogens is 463 g/mol. The lowest BCUT2D eigenvalue weighted by Crippen LogP contribution is -1.86. The van der Waals surface area contributed by atoms with Gasteiger partial charge in [0, 0.05) is 16.8 Å². The Morgan fingerprint density at radius 3 is 2.75 bits per heavy atom. The number of aromatic nitrogens is 1. The van der Waals surface area contributed by atoms with Crippen molar-refractivity contribution in [1.29, 1.82) is 0 Å². The molecule has 4 nitrogen and oxygen atoms in total. The summed E-state index contributed by atoms with van der Waals surface area (Å²) >= 11 is 15.7. The predicted octanol–water partition coefficient (Wildman–Crippen LogP) is 7.33. The van der Waals surface area contributed by atoms with Gasteiger partial charge < -0.3 is 9.52 Å². The molecule has 4 aromatic rings. The molecule has 28 heavy (non-hydrogen) atoms. The second kappa shape index (κ2) is 7.59. The molecule has 140 valence electrons. The molecule has 0 saturated carbocycles. The fraction of sp³-hybridized carbons (Fsp3) is 0.0476. The first kappa shape index (κ1) is 19.0. The monoisotopic (exact) mass is 474 g/mol. The molecule has 7 heteroatoms. The maximum Gasteiger partial charge on any atom is 0.228 e. The van der Waals surface area contributed by atoms with Crippen molar-refractivity contribution in [3.63, 3.8) is 0 Å². The molecule has 3 aromatic carbocycles. The number of nitrogens with zero attached hydrogens (tertiary/aromatic N) is 2. The minimum atomic E-state index is 0.138. The highest BCUT2D eigenvalue weighted by Gasteiger charge is 2.13. The van der Waals surface area contributed by atoms with E-state index in [0.29, 0.717) is 48.3 Å². The van der Waals surface area contributed by atoms with Crippen molar-refractivity contribution in [3.05, 3.63) is 74.2 Å². The molecular formula is C21H13BrCl2N2O2. The number of fused-ring (bicyclic) bond motifs is 1. The summed E-state index contributed by atoms with van der Waals surface area (Å²) in [5, 5.41) is 11.3. The van der Waals surface area contributed by atoms with E-state index in [0.717, 1.165) is 5.56 Å². The summed E-state index contributed by atoms with van der Waals surface area (Å²) in [4.78, 5) is 8.93. The number of aliphatic imine (C=N–C) groups is 1. The quantitative estimate of drug-likeness (QED) is 0.315. The third-order valence-corrected chi connectivity index (χ3v) is 5.29. The molecule has 0 spiro atoms. The number of oxazole rings is 1. The van der Waals surface area contributed by atoms with Crippen LogP contribution in [0.4, 0.5) is 5.69 Å². The van der Waals surface area contributed by atoms with Crippen molar-refractivity contribution in [2.45, 2.75) is 6.92 Å². The zero-order chi connectivity index (χ0) is 19.8. The first-order valence-electron chi connectivity index (χ1n) is 8.30. The first-order valence-corrected chi connectivity index (χ1v) is 9.85. The molecule has 4 rings (SSSR count). The van der Waals surface area contributed by atoms with Gasteiger partial charge in [0.2, 0.25) is 5.89 Å². The molecule has 0 saturated heterocycles. The molecule has 0 radical (unpaired) electrons. The van der Waals surface area contributed by atoms with Crippen molar-refractivity contribution >= 4 is 62.1 Å². The van der Waals surface area contributed by atoms with E-state index >= 15 is 0 Å². The maximum absolute atomic E-state index is 10.2. The highest BCUT2D eigenvalue weighted by Crippen LogP contribution is 2.34. The summed E-state index contributed by atoms with van der Waals surface area (Å²) in [7, 11) is 0. The molecule has 1 N–H and O–H groups in total. The number of hydrogen-bond donors (Lipinski definition) is 1. The number of hydrogen-bond acceptors (Lipinski definition) is 4. The van der Waals surface area contributed by atoms with E-state index in [-0.39, 0.29) is 5.75 Å². The van der Waals surface area contributed by atoms with Gasteiger partial charge in [-0.2, -0.15) is 0 Å². The normalized spacial score (nSPS) is 11.6. The number of halogens is 3. The molecule has 0 amide bonds. The van der Waals surface area contributed by atoms with Crippen LogP contribution in [0.1, 0.15) is 11.1 Å². The first-order chi connectivity index (χ1) is 13.4. The van der Waals surface area contributed by atoms with E-state index in [1.165, 1.54) is 0 Å². The number of rotatable bonds is 3. The van der Waals surface area contributed by atoms with Gasteiger partial charge in [-0.15, -0.1) is 0 Å². The molecule has 0 fully saturated rings. The van der Waals surface area contributed by atoms with E-state index in [4.69, 9.17) is 27.6 Å². The van der Waals surface area contributed by atoms with Crippen LogP contribution < -0.4 is 0 Å². The van der Waals surface area contributed by atoms with Crippen molar-refractivity contribution in [2.75, 3.05) is 0 Å². The number of benzene rings is 3. The number of aromatic hydroxyl groups is 1. The highest BCUT2D eigenvalue weighted by atomic mass is 79.9. The smallest absolute Gasteiger partial charge is 0.228 e. The molecule has 0 aliphatic heterocycles. The van der Waals surface area contributed by atoms with Gasteiger partial charge in [-0.3, -0.25) is 4.99 Å². The van der Waals surface area contributed by atoms with Gasteiger partial charge in [0.05, 0.1) is 20.7 Å². The lowest BCUT2D eigenvalue weighted by molar-refractivity contribution is 0.471. The molecule has 0 aliphatic carbocycles. The van der Waals surface area contributed by atoms with Gasteiger partial charge in [-0.05, 0) is 76.9 Å². The van der Waals surface area contributed by atoms with E-state index < -0.39 is 0 Å². The van der Waals surface area contributed by atoms with Crippen molar-refractivity contribution in [2.24, 2.45) is 4.99 Å². The van der Waals surface area contributed by atoms with Gasteiger partial charge >= 0.3 is 0 Å². The standard InChI is InChI=1S/C21H13BrCl2N2O2/c1-11-6-12(20(27)16(22)7-11)10-25-14-3-4-17(24)15(9-14)21-26-18-8-13(23)2-5-19(18)28-21/h2-10,27H,1H3. The lowest BCUT2D eigenvalue weighted by atomic mass is 10.1. The Bertz CT molecular complexity index is 1230. The summed E-state index contributed by atoms with van der Waals surface area (Å²) in [6.45, 7) is 1.95. The second-order valence-electron chi connectivity index (χ2n) is 6.24. The summed E-state index contributed by atoms with van der Waals surface area (Å²) in [5.74, 6) is 0.528. The third kappa shape index (κ3) is 3.78. The largest absolute Gasteiger partial charge is 0.506 e. The highest BCUT2D eigenvalue weighted by molar-refractivity contribution is 9.10. The Balaban J connectivity index is 1.73. The number of aryl methyl sites for hydroxylation is 1. The molecule has 1 aromatic heterocycles. The molecule has 0 unspecified atom stereocenters. The van der Waals surface area contributed by atoms with Crippen molar-refractivity contribution < 1.29 is 9.52 Å². The van der Waals surface area contributed by atoms with Crippen LogP contribution in [0.3, 0.4) is 0 Å². The Kier molecular flexibility index (Phi) is 5.15. The van der Waals surface area contributed by atoms with Crippen LogP contribution in [0.15, 0.2) is 62.4 Å². The maximum atomic E-state index is 10.2. The number of phenolic OH excluding ortho intramolecular Hbond substituents is 1. The Labute approximate surface area is 179 Å². The topological polar surface area (TPSA) is 58.6 Å². The van der Waals surface area contributed by atoms with Crippen LogP contribution in [0.25, 0.3) is 22.6 Å². The minimum absolute atomic E-state index is 0.138. The summed E-state index contributed by atoms with van der Waals surface area (Å²) < 4.78 is 6.43. The van der Waals surface area contributed by atoms with Gasteiger partial charge in [-0.25, -0.2) is 4.98 Å². The predicted molar refractivity (Wildman–Crippen MR) is 117 cm³/mol. The van der Waals surface area contributed by atoms with Gasteiger partial charge in [0.15, 0.2) is 5.58 Å². The van der Waals surface area contributed by atoms with Crippen LogP contribution in [0, 0.1) is 6.92 Å². The third-order valence-electron chi connectivity index (χ3n) is 4.12. The number of phenols is 1. The van der Waals surface area contributed by atoms with Crippen molar-refractivity contribution in [1.82, 2.24) is 4.98 Å². The average Bonchev–Trinajstić information content (AvgIpc) is 3.07. The van der Waals surface area contributed by atoms with Crippen LogP contribution in [-0.4, -0.2) is 16.3 Å². The fourth-order valence-electron chi connectivity index (χ4n) is 2.78. The van der Waals surface area contributed by atoms with Crippen LogP contribution in [0.5, 0.6) is 5.75 Å². The summed E-state index contributed by atoms with van der Waals surface area (Å²) in [5.41, 5.74) is 4.17. The Morgan fingerprint density at radius 1 is 1.11 bits per heavy atom. The Morgan fingerprint density at radius 2 is 1.93 bits per heavy atom. The fourth-order valence-corrected chi connectivity index (χ4v) is 3.73. The molecule has 1 heterocycles. The van der Waals surface area contributed by atoms with Crippen LogP contribution in [-0.2, 0) is 0 Å². The van der Waals surface area contributed by atoms with Crippen LogP contribution in [0.2, 0.25) is 10.0 Å². The Hall–Kier alpha value is -2.34. The van der Waals surface area contributed by atoms with Gasteiger partial charge in [0.1, 0.15) is 11.3 Å². The van der Waals surface area contributed by atoms with Crippen molar-refractivity contribution in [3.8, 4) is 17.2 Å². The summed E-state index contributed by atoms with van der Waals surface area (Å²) in [6, 6.07) is 14.2. The van der Waals surface area contributed by atoms with Gasteiger partial charge in [-0.1, -0.05) is 23.2 Å². The molecule has 0 aliphatic rings. The zero-order valence-corrected chi connectivity index (χ0v) is 17.7. The zero-order valence-electron chi connectivity index (χ0n) is 14.6. The van der Waals surface area contributed by atoms with Crippen LogP contribution >= 0.6 is 39.1 Å². The van der Waals surface area contributed by atoms with E-state index in [2.05, 4.69) is 25.9 Å². The second-order valence-corrected chi connectivity index (χ2v) is 7.94. The average molecular weight is 476 g/mol. The van der Waals surface area contributed by atoms with E-state index in [1.54, 1.807) is 42.6 Å². The van der Waals surface area contributed by atoms with E-state index in [9.17, 15) is 5.11 Å². The molecule has 0 bridgehead atoms. The molecule has 0 atom stereocenters.